The molecule has 3 rings (SSSR count). The quantitative estimate of drug-likeness (QED) is 0.627. The maximum absolute atomic E-state index is 12.6. The topological polar surface area (TPSA) is 71.2 Å². The third kappa shape index (κ3) is 4.82. The number of aromatic nitrogens is 3. The number of aliphatic hydroxyl groups is 1. The number of likely N-dealkylation sites (N-methyl/N-ethyl adjacent to an activating group) is 1. The van der Waals surface area contributed by atoms with Crippen LogP contribution in [0, 0.1) is 6.92 Å². The van der Waals surface area contributed by atoms with Crippen LogP contribution in [0.4, 0.5) is 0 Å². The Morgan fingerprint density at radius 2 is 2.19 bits per heavy atom. The number of amides is 1. The summed E-state index contributed by atoms with van der Waals surface area (Å²) in [5.74, 6) is -0.0524. The van der Waals surface area contributed by atoms with E-state index in [2.05, 4.69) is 26.0 Å². The molecule has 1 atom stereocenters. The van der Waals surface area contributed by atoms with Gasteiger partial charge in [-0.1, -0.05) is 28.1 Å². The van der Waals surface area contributed by atoms with E-state index in [4.69, 9.17) is 0 Å². The summed E-state index contributed by atoms with van der Waals surface area (Å²) in [7, 11) is 3.57. The van der Waals surface area contributed by atoms with Crippen LogP contribution < -0.4 is 0 Å². The molecule has 142 valence electrons. The standard InChI is InChI=1S/C19H21BrN4O2S/c1-12-17(27-19(21-12)15-7-8-24(3)22-15)10-18(26)23(2)11-16(25)13-5-4-6-14(20)9-13/h4-9,16,25H,10-11H2,1-3H3. The van der Waals surface area contributed by atoms with Gasteiger partial charge in [0.05, 0.1) is 24.8 Å². The Bertz CT molecular complexity index is 953. The van der Waals surface area contributed by atoms with Gasteiger partial charge in [-0.3, -0.25) is 9.48 Å². The maximum Gasteiger partial charge on any atom is 0.227 e. The van der Waals surface area contributed by atoms with Gasteiger partial charge in [0.15, 0.2) is 0 Å². The molecule has 3 aromatic rings. The summed E-state index contributed by atoms with van der Waals surface area (Å²) in [4.78, 5) is 19.6. The fourth-order valence-electron chi connectivity index (χ4n) is 2.68. The van der Waals surface area contributed by atoms with E-state index in [0.29, 0.717) is 0 Å². The average Bonchev–Trinajstić information content (AvgIpc) is 3.21. The first-order valence-corrected chi connectivity index (χ1v) is 10.1. The lowest BCUT2D eigenvalue weighted by molar-refractivity contribution is -0.130. The zero-order valence-corrected chi connectivity index (χ0v) is 17.8. The maximum atomic E-state index is 12.6. The number of thiazole rings is 1. The predicted octanol–water partition coefficient (Wildman–Crippen LogP) is 3.35. The van der Waals surface area contributed by atoms with Crippen LogP contribution in [0.1, 0.15) is 22.2 Å². The van der Waals surface area contributed by atoms with E-state index in [0.717, 1.165) is 31.3 Å². The molecular weight excluding hydrogens is 428 g/mol. The van der Waals surface area contributed by atoms with Gasteiger partial charge >= 0.3 is 0 Å². The Morgan fingerprint density at radius 3 is 2.85 bits per heavy atom. The molecule has 1 amide bonds. The van der Waals surface area contributed by atoms with Crippen LogP contribution in [0.5, 0.6) is 0 Å². The van der Waals surface area contributed by atoms with Crippen LogP contribution in [0.25, 0.3) is 10.7 Å². The number of benzene rings is 1. The third-order valence-corrected chi connectivity index (χ3v) is 5.92. The number of hydrogen-bond acceptors (Lipinski definition) is 5. The lowest BCUT2D eigenvalue weighted by Gasteiger charge is -2.21. The molecule has 0 aliphatic rings. The molecule has 6 nitrogen and oxygen atoms in total. The van der Waals surface area contributed by atoms with E-state index < -0.39 is 6.10 Å². The van der Waals surface area contributed by atoms with Crippen molar-refractivity contribution in [3.05, 3.63) is 57.1 Å². The first kappa shape index (κ1) is 19.7. The van der Waals surface area contributed by atoms with Crippen LogP contribution in [-0.4, -0.2) is 44.3 Å². The number of hydrogen-bond donors (Lipinski definition) is 1. The summed E-state index contributed by atoms with van der Waals surface area (Å²) in [5.41, 5.74) is 2.42. The third-order valence-electron chi connectivity index (χ3n) is 4.24. The van der Waals surface area contributed by atoms with E-state index in [1.165, 1.54) is 11.3 Å². The van der Waals surface area contributed by atoms with Crippen molar-refractivity contribution in [3.8, 4) is 10.7 Å². The first-order valence-electron chi connectivity index (χ1n) is 8.47. The Labute approximate surface area is 170 Å². The fraction of sp³-hybridized carbons (Fsp3) is 0.316. The van der Waals surface area contributed by atoms with Gasteiger partial charge in [-0.25, -0.2) is 4.98 Å². The van der Waals surface area contributed by atoms with E-state index in [9.17, 15) is 9.90 Å². The Morgan fingerprint density at radius 1 is 1.41 bits per heavy atom. The highest BCUT2D eigenvalue weighted by molar-refractivity contribution is 9.10. The summed E-state index contributed by atoms with van der Waals surface area (Å²) < 4.78 is 2.63. The number of carbonyl (C=O) groups excluding carboxylic acids is 1. The van der Waals surface area contributed by atoms with Crippen molar-refractivity contribution < 1.29 is 9.90 Å². The Hall–Kier alpha value is -2.03. The SMILES string of the molecule is Cc1nc(-c2ccn(C)n2)sc1CC(=O)N(C)CC(O)c1cccc(Br)c1. The monoisotopic (exact) mass is 448 g/mol. The molecule has 0 aliphatic heterocycles. The molecule has 8 heteroatoms. The smallest absolute Gasteiger partial charge is 0.227 e. The molecule has 1 aromatic carbocycles. The van der Waals surface area contributed by atoms with Crippen molar-refractivity contribution in [1.82, 2.24) is 19.7 Å². The molecule has 27 heavy (non-hydrogen) atoms. The van der Waals surface area contributed by atoms with Crippen LogP contribution in [0.15, 0.2) is 41.0 Å². The van der Waals surface area contributed by atoms with Crippen molar-refractivity contribution in [2.24, 2.45) is 7.05 Å². The summed E-state index contributed by atoms with van der Waals surface area (Å²) in [6, 6.07) is 9.38. The van der Waals surface area contributed by atoms with Crippen LogP contribution in [0.3, 0.4) is 0 Å². The Kier molecular flexibility index (Phi) is 6.08. The lowest BCUT2D eigenvalue weighted by atomic mass is 10.1. The van der Waals surface area contributed by atoms with Crippen molar-refractivity contribution in [1.29, 1.82) is 0 Å². The predicted molar refractivity (Wildman–Crippen MR) is 109 cm³/mol. The summed E-state index contributed by atoms with van der Waals surface area (Å²) in [5, 5.41) is 15.6. The molecule has 1 N–H and O–H groups in total. The molecule has 2 heterocycles. The molecule has 2 aromatic heterocycles. The molecule has 0 bridgehead atoms. The molecule has 0 aliphatic carbocycles. The zero-order chi connectivity index (χ0) is 19.6. The summed E-state index contributed by atoms with van der Waals surface area (Å²) >= 11 is 4.88. The van der Waals surface area contributed by atoms with Crippen LogP contribution in [0.2, 0.25) is 0 Å². The molecule has 0 saturated carbocycles. The van der Waals surface area contributed by atoms with Gasteiger partial charge in [0, 0.05) is 29.6 Å². The van der Waals surface area contributed by atoms with Crippen LogP contribution in [-0.2, 0) is 18.3 Å². The first-order chi connectivity index (χ1) is 12.8. The van der Waals surface area contributed by atoms with Gasteiger partial charge in [0.1, 0.15) is 10.7 Å². The van der Waals surface area contributed by atoms with Crippen molar-refractivity contribution in [2.75, 3.05) is 13.6 Å². The van der Waals surface area contributed by atoms with E-state index >= 15 is 0 Å². The number of aliphatic hydroxyl groups excluding tert-OH is 1. The zero-order valence-electron chi connectivity index (χ0n) is 15.4. The van der Waals surface area contributed by atoms with Crippen molar-refractivity contribution in [3.63, 3.8) is 0 Å². The van der Waals surface area contributed by atoms with E-state index in [-0.39, 0.29) is 18.9 Å². The molecule has 0 spiro atoms. The van der Waals surface area contributed by atoms with Gasteiger partial charge in [-0.05, 0) is 30.7 Å². The molecule has 0 fully saturated rings. The van der Waals surface area contributed by atoms with Gasteiger partial charge in [0.2, 0.25) is 5.91 Å². The van der Waals surface area contributed by atoms with Gasteiger partial charge < -0.3 is 10.0 Å². The number of halogens is 1. The number of carbonyl (C=O) groups is 1. The fourth-order valence-corrected chi connectivity index (χ4v) is 4.12. The normalized spacial score (nSPS) is 12.2. The molecule has 0 radical (unpaired) electrons. The molecule has 1 unspecified atom stereocenters. The largest absolute Gasteiger partial charge is 0.387 e. The second kappa shape index (κ2) is 8.33. The van der Waals surface area contributed by atoms with Crippen molar-refractivity contribution >= 4 is 33.2 Å². The average molecular weight is 449 g/mol. The number of rotatable bonds is 6. The highest BCUT2D eigenvalue weighted by Crippen LogP contribution is 2.27. The van der Waals surface area contributed by atoms with Crippen LogP contribution >= 0.6 is 27.3 Å². The highest BCUT2D eigenvalue weighted by atomic mass is 79.9. The second-order valence-corrected chi connectivity index (χ2v) is 8.42. The van der Waals surface area contributed by atoms with E-state index in [1.807, 2.05) is 50.5 Å². The molecule has 0 saturated heterocycles. The molecular formula is C19H21BrN4O2S. The highest BCUT2D eigenvalue weighted by Gasteiger charge is 2.19. The minimum atomic E-state index is -0.733. The van der Waals surface area contributed by atoms with Gasteiger partial charge in [-0.2, -0.15) is 5.10 Å². The van der Waals surface area contributed by atoms with E-state index in [1.54, 1.807) is 16.6 Å². The summed E-state index contributed by atoms with van der Waals surface area (Å²) in [6.45, 7) is 2.14. The minimum absolute atomic E-state index is 0.0524. The van der Waals surface area contributed by atoms with Gasteiger partial charge in [-0.15, -0.1) is 11.3 Å². The minimum Gasteiger partial charge on any atom is -0.387 e. The van der Waals surface area contributed by atoms with Crippen molar-refractivity contribution in [2.45, 2.75) is 19.4 Å². The second-order valence-electron chi connectivity index (χ2n) is 6.42. The van der Waals surface area contributed by atoms with Gasteiger partial charge in [0.25, 0.3) is 0 Å². The summed E-state index contributed by atoms with van der Waals surface area (Å²) in [6.07, 6.45) is 1.40. The Balaban J connectivity index is 1.65. The number of nitrogens with zero attached hydrogens (tertiary/aromatic N) is 4. The lowest BCUT2D eigenvalue weighted by Crippen LogP contribution is -2.32. The number of aryl methyl sites for hydroxylation is 2.